The van der Waals surface area contributed by atoms with Crippen LogP contribution in [-0.2, 0) is 18.0 Å². The molecule has 2 aromatic rings. The average molecular weight is 287 g/mol. The molecule has 0 aromatic heterocycles. The lowest BCUT2D eigenvalue weighted by molar-refractivity contribution is -0.143. The number of nitrogens with two attached hydrogens (primary N) is 1. The molecule has 21 heavy (non-hydrogen) atoms. The molecule has 0 saturated heterocycles. The topological polar surface area (TPSA) is 87.8 Å². The van der Waals surface area contributed by atoms with Gasteiger partial charge >= 0.3 is 6.09 Å². The van der Waals surface area contributed by atoms with Crippen molar-refractivity contribution in [2.45, 2.75) is 13.2 Å². The Balaban J connectivity index is 1.83. The van der Waals surface area contributed by atoms with Crippen LogP contribution < -0.4 is 11.2 Å². The first-order valence-electron chi connectivity index (χ1n) is 6.42. The van der Waals surface area contributed by atoms with Gasteiger partial charge in [0.25, 0.3) is 0 Å². The number of anilines is 1. The summed E-state index contributed by atoms with van der Waals surface area (Å²) in [7, 11) is 0. The molecule has 0 aliphatic carbocycles. The van der Waals surface area contributed by atoms with Crippen molar-refractivity contribution in [3.05, 3.63) is 65.7 Å². The normalized spacial score (nSPS) is 10.1. The summed E-state index contributed by atoms with van der Waals surface area (Å²) in [5, 5.41) is 12.1. The van der Waals surface area contributed by atoms with Gasteiger partial charge in [-0.1, -0.05) is 42.5 Å². The molecule has 0 bridgehead atoms. The van der Waals surface area contributed by atoms with Crippen LogP contribution >= 0.6 is 0 Å². The molecule has 0 fully saturated rings. The third-order valence-corrected chi connectivity index (χ3v) is 2.85. The monoisotopic (exact) mass is 287 g/mol. The van der Waals surface area contributed by atoms with Gasteiger partial charge in [0.15, 0.2) is 0 Å². The Bertz CT molecular complexity index is 572. The number of carbonyl (C=O) groups is 1. The van der Waals surface area contributed by atoms with Crippen LogP contribution in [0.25, 0.3) is 0 Å². The van der Waals surface area contributed by atoms with Crippen LogP contribution in [0.15, 0.2) is 54.6 Å². The van der Waals surface area contributed by atoms with Crippen LogP contribution in [0.3, 0.4) is 0 Å². The number of hydrogen-bond acceptors (Lipinski definition) is 4. The number of carboxylic acid groups (broad SMARTS) is 1. The molecule has 4 N–H and O–H groups in total. The van der Waals surface area contributed by atoms with E-state index in [1.165, 1.54) is 5.56 Å². The van der Waals surface area contributed by atoms with Gasteiger partial charge in [-0.25, -0.2) is 15.5 Å². The van der Waals surface area contributed by atoms with E-state index in [0.29, 0.717) is 5.17 Å². The van der Waals surface area contributed by atoms with Gasteiger partial charge in [-0.3, -0.25) is 0 Å². The minimum absolute atomic E-state index is 0.0990. The van der Waals surface area contributed by atoms with E-state index in [-0.39, 0.29) is 6.61 Å². The third kappa shape index (κ3) is 4.79. The summed E-state index contributed by atoms with van der Waals surface area (Å²) in [6.45, 7) is 0.841. The van der Waals surface area contributed by atoms with Gasteiger partial charge in [-0.05, 0) is 23.3 Å². The van der Waals surface area contributed by atoms with Gasteiger partial charge in [0.1, 0.15) is 6.61 Å². The van der Waals surface area contributed by atoms with E-state index in [0.717, 1.165) is 17.8 Å². The Morgan fingerprint density at radius 1 is 1.10 bits per heavy atom. The van der Waals surface area contributed by atoms with E-state index in [2.05, 4.69) is 17.4 Å². The molecular weight excluding hydrogens is 270 g/mol. The Labute approximate surface area is 122 Å². The van der Waals surface area contributed by atoms with Crippen molar-refractivity contribution >= 4 is 11.8 Å². The van der Waals surface area contributed by atoms with Crippen LogP contribution in [0.5, 0.6) is 0 Å². The first-order valence-corrected chi connectivity index (χ1v) is 6.42. The summed E-state index contributed by atoms with van der Waals surface area (Å²) in [6.07, 6.45) is -1.34. The molecule has 2 aromatic carbocycles. The van der Waals surface area contributed by atoms with Crippen molar-refractivity contribution in [2.75, 3.05) is 5.32 Å². The zero-order valence-electron chi connectivity index (χ0n) is 11.4. The van der Waals surface area contributed by atoms with Gasteiger partial charge in [0.05, 0.1) is 0 Å². The molecule has 0 spiro atoms. The van der Waals surface area contributed by atoms with E-state index in [4.69, 9.17) is 15.8 Å². The molecular formula is C15H17N3O3. The van der Waals surface area contributed by atoms with E-state index in [1.54, 1.807) is 0 Å². The van der Waals surface area contributed by atoms with Crippen molar-refractivity contribution in [3.8, 4) is 0 Å². The van der Waals surface area contributed by atoms with Gasteiger partial charge < -0.3 is 10.4 Å². The smallest absolute Gasteiger partial charge is 0.446 e. The Hall–Kier alpha value is -2.57. The molecule has 6 nitrogen and oxygen atoms in total. The maximum atomic E-state index is 10.5. The number of hydrazine groups is 1. The van der Waals surface area contributed by atoms with Crippen LogP contribution in [0.2, 0.25) is 0 Å². The van der Waals surface area contributed by atoms with Gasteiger partial charge in [0.2, 0.25) is 0 Å². The molecule has 1 amide bonds. The Morgan fingerprint density at radius 2 is 1.76 bits per heavy atom. The highest BCUT2D eigenvalue weighted by Crippen LogP contribution is 2.12. The van der Waals surface area contributed by atoms with Crippen molar-refractivity contribution < 1.29 is 14.7 Å². The van der Waals surface area contributed by atoms with Crippen molar-refractivity contribution in [3.63, 3.8) is 0 Å². The number of nitrogens with one attached hydrogen (secondary N) is 1. The highest BCUT2D eigenvalue weighted by atomic mass is 16.7. The lowest BCUT2D eigenvalue weighted by Crippen LogP contribution is -2.35. The highest BCUT2D eigenvalue weighted by molar-refractivity contribution is 5.62. The van der Waals surface area contributed by atoms with Crippen molar-refractivity contribution in [1.29, 1.82) is 0 Å². The summed E-state index contributed by atoms with van der Waals surface area (Å²) in [5.41, 5.74) is 3.01. The fourth-order valence-corrected chi connectivity index (χ4v) is 1.72. The quantitative estimate of drug-likeness (QED) is 0.432. The fourth-order valence-electron chi connectivity index (χ4n) is 1.72. The van der Waals surface area contributed by atoms with Crippen molar-refractivity contribution in [1.82, 2.24) is 5.17 Å². The molecule has 0 aliphatic heterocycles. The third-order valence-electron chi connectivity index (χ3n) is 2.85. The maximum absolute atomic E-state index is 10.5. The first kappa shape index (κ1) is 14.8. The summed E-state index contributed by atoms with van der Waals surface area (Å²) in [5.74, 6) is 5.11. The second-order valence-corrected chi connectivity index (χ2v) is 4.42. The number of hydroxylamine groups is 1. The molecule has 0 aliphatic rings. The fraction of sp³-hybridized carbons (Fsp3) is 0.133. The molecule has 2 rings (SSSR count). The van der Waals surface area contributed by atoms with E-state index < -0.39 is 6.09 Å². The van der Waals surface area contributed by atoms with Crippen LogP contribution in [0.1, 0.15) is 11.1 Å². The van der Waals surface area contributed by atoms with Gasteiger partial charge in [-0.15, -0.1) is 5.17 Å². The zero-order chi connectivity index (χ0) is 15.1. The second kappa shape index (κ2) is 7.28. The average Bonchev–Trinajstić information content (AvgIpc) is 2.52. The lowest BCUT2D eigenvalue weighted by Gasteiger charge is -2.12. The highest BCUT2D eigenvalue weighted by Gasteiger charge is 2.06. The largest absolute Gasteiger partial charge is 0.462 e. The molecule has 0 heterocycles. The van der Waals surface area contributed by atoms with Gasteiger partial charge in [0, 0.05) is 12.2 Å². The minimum Gasteiger partial charge on any atom is -0.462 e. The molecule has 6 heteroatoms. The predicted octanol–water partition coefficient (Wildman–Crippen LogP) is 2.58. The van der Waals surface area contributed by atoms with E-state index >= 15 is 0 Å². The maximum Gasteiger partial charge on any atom is 0.446 e. The number of benzene rings is 2. The summed E-state index contributed by atoms with van der Waals surface area (Å²) >= 11 is 0. The number of rotatable bonds is 6. The summed E-state index contributed by atoms with van der Waals surface area (Å²) < 4.78 is 0. The summed E-state index contributed by atoms with van der Waals surface area (Å²) in [4.78, 5) is 15.3. The van der Waals surface area contributed by atoms with Crippen LogP contribution in [-0.4, -0.2) is 16.4 Å². The molecule has 0 atom stereocenters. The minimum atomic E-state index is -1.34. The number of hydrogen-bond donors (Lipinski definition) is 3. The van der Waals surface area contributed by atoms with Crippen LogP contribution in [0.4, 0.5) is 10.5 Å². The SMILES string of the molecule is NN(OCc1ccc(NCc2ccccc2)cc1)C(=O)O. The predicted molar refractivity (Wildman–Crippen MR) is 79.1 cm³/mol. The van der Waals surface area contributed by atoms with Gasteiger partial charge in [-0.2, -0.15) is 0 Å². The zero-order valence-corrected chi connectivity index (χ0v) is 11.4. The molecule has 0 unspecified atom stereocenters. The van der Waals surface area contributed by atoms with E-state index in [9.17, 15) is 4.79 Å². The number of amides is 1. The lowest BCUT2D eigenvalue weighted by atomic mass is 10.2. The second-order valence-electron chi connectivity index (χ2n) is 4.42. The standard InChI is InChI=1S/C15H17N3O3/c16-18(15(19)20)21-11-13-6-8-14(9-7-13)17-10-12-4-2-1-3-5-12/h1-9,17H,10-11,16H2,(H,19,20). The van der Waals surface area contributed by atoms with E-state index in [1.807, 2.05) is 42.5 Å². The Kier molecular flexibility index (Phi) is 5.14. The summed E-state index contributed by atoms with van der Waals surface area (Å²) in [6, 6.07) is 17.6. The van der Waals surface area contributed by atoms with Crippen LogP contribution in [0, 0.1) is 0 Å². The molecule has 0 saturated carbocycles. The number of nitrogens with zero attached hydrogens (tertiary/aromatic N) is 1. The molecule has 110 valence electrons. The first-order chi connectivity index (χ1) is 10.1. The Morgan fingerprint density at radius 3 is 2.38 bits per heavy atom. The van der Waals surface area contributed by atoms with Crippen molar-refractivity contribution in [2.24, 2.45) is 5.84 Å². The molecule has 0 radical (unpaired) electrons.